The van der Waals surface area contributed by atoms with Crippen LogP contribution in [0.2, 0.25) is 0 Å². The van der Waals surface area contributed by atoms with Crippen LogP contribution in [0.15, 0.2) is 34.2 Å². The summed E-state index contributed by atoms with van der Waals surface area (Å²) >= 11 is 2.73. The van der Waals surface area contributed by atoms with Gasteiger partial charge in [0, 0.05) is 10.9 Å². The van der Waals surface area contributed by atoms with Crippen molar-refractivity contribution in [3.8, 4) is 11.4 Å². The van der Waals surface area contributed by atoms with E-state index in [-0.39, 0.29) is 11.5 Å². The molecule has 0 saturated heterocycles. The Hall–Kier alpha value is -2.32. The first-order valence-corrected chi connectivity index (χ1v) is 10.5. The number of thiophene rings is 1. The number of fused-ring (bicyclic) bond motifs is 1. The van der Waals surface area contributed by atoms with Crippen molar-refractivity contribution < 1.29 is 14.3 Å². The number of carbonyl (C=O) groups is 1. The second kappa shape index (κ2) is 8.36. The summed E-state index contributed by atoms with van der Waals surface area (Å²) < 4.78 is 11.7. The Labute approximate surface area is 171 Å². The van der Waals surface area contributed by atoms with Gasteiger partial charge < -0.3 is 9.47 Å². The predicted octanol–water partition coefficient (Wildman–Crippen LogP) is 3.98. The number of aromatic nitrogens is 2. The number of hydrogen-bond acceptors (Lipinski definition) is 7. The fourth-order valence-corrected chi connectivity index (χ4v) is 5.09. The summed E-state index contributed by atoms with van der Waals surface area (Å²) in [4.78, 5) is 32.0. The molecular weight excluding hydrogens is 396 g/mol. The van der Waals surface area contributed by atoms with Gasteiger partial charge in [-0.1, -0.05) is 24.8 Å². The molecular formula is C20H22N2O4S2. The maximum absolute atomic E-state index is 13.5. The molecule has 3 aromatic rings. The first-order chi connectivity index (χ1) is 13.4. The van der Waals surface area contributed by atoms with E-state index in [1.165, 1.54) is 30.2 Å². The van der Waals surface area contributed by atoms with Gasteiger partial charge in [-0.2, -0.15) is 0 Å². The van der Waals surface area contributed by atoms with Crippen molar-refractivity contribution in [1.29, 1.82) is 0 Å². The van der Waals surface area contributed by atoms with Crippen LogP contribution in [0.1, 0.15) is 24.3 Å². The molecule has 8 heteroatoms. The lowest BCUT2D eigenvalue weighted by atomic mass is 10.2. The average molecular weight is 419 g/mol. The topological polar surface area (TPSA) is 70.4 Å². The van der Waals surface area contributed by atoms with Crippen LogP contribution in [-0.2, 0) is 16.0 Å². The quantitative estimate of drug-likeness (QED) is 0.343. The normalized spacial score (nSPS) is 12.2. The predicted molar refractivity (Wildman–Crippen MR) is 113 cm³/mol. The molecule has 0 spiro atoms. The van der Waals surface area contributed by atoms with E-state index in [0.29, 0.717) is 26.8 Å². The maximum Gasteiger partial charge on any atom is 0.318 e. The van der Waals surface area contributed by atoms with Crippen molar-refractivity contribution in [2.24, 2.45) is 0 Å². The van der Waals surface area contributed by atoms with Gasteiger partial charge in [0.25, 0.3) is 5.56 Å². The molecule has 0 unspecified atom stereocenters. The number of nitrogens with zero attached hydrogens (tertiary/aromatic N) is 2. The van der Waals surface area contributed by atoms with Gasteiger partial charge in [0.05, 0.1) is 25.3 Å². The summed E-state index contributed by atoms with van der Waals surface area (Å²) in [6.07, 6.45) is 0.840. The van der Waals surface area contributed by atoms with Crippen LogP contribution in [0.5, 0.6) is 5.75 Å². The van der Waals surface area contributed by atoms with E-state index in [9.17, 15) is 9.59 Å². The first-order valence-electron chi connectivity index (χ1n) is 8.85. The van der Waals surface area contributed by atoms with Gasteiger partial charge in [-0.25, -0.2) is 4.98 Å². The van der Waals surface area contributed by atoms with E-state index in [0.717, 1.165) is 16.9 Å². The molecule has 0 fully saturated rings. The third kappa shape index (κ3) is 3.66. The third-order valence-electron chi connectivity index (χ3n) is 4.48. The van der Waals surface area contributed by atoms with E-state index in [1.54, 1.807) is 24.7 Å². The highest BCUT2D eigenvalue weighted by molar-refractivity contribution is 8.00. The Morgan fingerprint density at radius 3 is 2.75 bits per heavy atom. The van der Waals surface area contributed by atoms with Crippen molar-refractivity contribution >= 4 is 39.3 Å². The number of thioether (sulfide) groups is 1. The van der Waals surface area contributed by atoms with Crippen LogP contribution in [0.3, 0.4) is 0 Å². The first kappa shape index (κ1) is 20.4. The second-order valence-electron chi connectivity index (χ2n) is 6.20. The summed E-state index contributed by atoms with van der Waals surface area (Å²) in [6.45, 7) is 5.76. The molecule has 0 aliphatic heterocycles. The number of aryl methyl sites for hydroxylation is 2. The zero-order valence-electron chi connectivity index (χ0n) is 16.4. The summed E-state index contributed by atoms with van der Waals surface area (Å²) in [5, 5.41) is 0.574. The molecule has 0 aliphatic carbocycles. The second-order valence-corrected chi connectivity index (χ2v) is 8.60. The molecule has 3 rings (SSSR count). The summed E-state index contributed by atoms with van der Waals surface area (Å²) in [7, 11) is 2.93. The summed E-state index contributed by atoms with van der Waals surface area (Å²) in [6, 6.07) is 7.24. The van der Waals surface area contributed by atoms with Crippen molar-refractivity contribution in [2.45, 2.75) is 37.6 Å². The number of benzene rings is 1. The largest absolute Gasteiger partial charge is 0.497 e. The Bertz CT molecular complexity index is 1090. The lowest BCUT2D eigenvalue weighted by Gasteiger charge is -2.15. The highest BCUT2D eigenvalue weighted by Gasteiger charge is 2.23. The number of ether oxygens (including phenoxy) is 2. The van der Waals surface area contributed by atoms with E-state index in [4.69, 9.17) is 14.5 Å². The number of methoxy groups -OCH3 is 2. The molecule has 0 aliphatic rings. The highest BCUT2D eigenvalue weighted by Crippen LogP contribution is 2.32. The van der Waals surface area contributed by atoms with E-state index < -0.39 is 5.25 Å². The summed E-state index contributed by atoms with van der Waals surface area (Å²) in [5.41, 5.74) is 1.46. The summed E-state index contributed by atoms with van der Waals surface area (Å²) in [5.74, 6) is 0.269. The standard InChI is InChI=1S/C20H22N2O4S2/c1-6-15-11(2)16-17(28-15)21-20(27-12(3)19(24)26-5)22(18(16)23)13-8-7-9-14(10-13)25-4/h7-10,12H,6H2,1-5H3/t12-/m1/s1. The number of esters is 1. The molecule has 2 heterocycles. The monoisotopic (exact) mass is 418 g/mol. The van der Waals surface area contributed by atoms with Gasteiger partial charge in [0.2, 0.25) is 0 Å². The van der Waals surface area contributed by atoms with Crippen LogP contribution < -0.4 is 10.3 Å². The highest BCUT2D eigenvalue weighted by atomic mass is 32.2. The average Bonchev–Trinajstić information content (AvgIpc) is 3.03. The molecule has 1 aromatic carbocycles. The smallest absolute Gasteiger partial charge is 0.318 e. The van der Waals surface area contributed by atoms with Crippen molar-refractivity contribution in [1.82, 2.24) is 9.55 Å². The molecule has 0 saturated carbocycles. The van der Waals surface area contributed by atoms with Crippen molar-refractivity contribution in [3.05, 3.63) is 45.1 Å². The zero-order valence-corrected chi connectivity index (χ0v) is 18.1. The van der Waals surface area contributed by atoms with Crippen LogP contribution in [0.4, 0.5) is 0 Å². The van der Waals surface area contributed by atoms with Gasteiger partial charge in [0.15, 0.2) is 5.16 Å². The van der Waals surface area contributed by atoms with Gasteiger partial charge in [-0.3, -0.25) is 14.2 Å². The molecule has 2 aromatic heterocycles. The number of carbonyl (C=O) groups excluding carboxylic acids is 1. The molecule has 6 nitrogen and oxygen atoms in total. The fourth-order valence-electron chi connectivity index (χ4n) is 2.98. The molecule has 0 bridgehead atoms. The minimum absolute atomic E-state index is 0.147. The zero-order chi connectivity index (χ0) is 20.4. The van der Waals surface area contributed by atoms with Crippen LogP contribution >= 0.6 is 23.1 Å². The van der Waals surface area contributed by atoms with Crippen molar-refractivity contribution in [2.75, 3.05) is 14.2 Å². The van der Waals surface area contributed by atoms with Crippen molar-refractivity contribution in [3.63, 3.8) is 0 Å². The Balaban J connectivity index is 2.29. The Morgan fingerprint density at radius 1 is 1.36 bits per heavy atom. The van der Waals surface area contributed by atoms with Crippen LogP contribution in [-0.4, -0.2) is 35.0 Å². The van der Waals surface area contributed by atoms with Crippen LogP contribution in [0.25, 0.3) is 15.9 Å². The molecule has 0 amide bonds. The molecule has 0 N–H and O–H groups in total. The van der Waals surface area contributed by atoms with Crippen LogP contribution in [0, 0.1) is 6.92 Å². The molecule has 0 radical (unpaired) electrons. The number of hydrogen-bond donors (Lipinski definition) is 0. The SMILES string of the molecule is CCc1sc2nc(S[C@H](C)C(=O)OC)n(-c3cccc(OC)c3)c(=O)c2c1C. The maximum atomic E-state index is 13.5. The van der Waals surface area contributed by atoms with E-state index in [1.807, 2.05) is 25.1 Å². The van der Waals surface area contributed by atoms with Gasteiger partial charge in [-0.15, -0.1) is 11.3 Å². The molecule has 1 atom stereocenters. The minimum atomic E-state index is -0.502. The lowest BCUT2D eigenvalue weighted by Crippen LogP contribution is -2.24. The number of rotatable bonds is 6. The third-order valence-corrected chi connectivity index (χ3v) is 6.84. The Morgan fingerprint density at radius 2 is 2.11 bits per heavy atom. The van der Waals surface area contributed by atoms with E-state index in [2.05, 4.69) is 6.92 Å². The fraction of sp³-hybridized carbons (Fsp3) is 0.350. The lowest BCUT2D eigenvalue weighted by molar-refractivity contribution is -0.139. The van der Waals surface area contributed by atoms with Gasteiger partial charge in [0.1, 0.15) is 15.8 Å². The molecule has 28 heavy (non-hydrogen) atoms. The van der Waals surface area contributed by atoms with Gasteiger partial charge >= 0.3 is 5.97 Å². The Kier molecular flexibility index (Phi) is 6.10. The van der Waals surface area contributed by atoms with Gasteiger partial charge in [-0.05, 0) is 38.0 Å². The molecule has 148 valence electrons. The minimum Gasteiger partial charge on any atom is -0.497 e. The van der Waals surface area contributed by atoms with E-state index >= 15 is 0 Å².